The van der Waals surface area contributed by atoms with E-state index in [2.05, 4.69) is 12.2 Å². The molecule has 0 aliphatic carbocycles. The van der Waals surface area contributed by atoms with Crippen molar-refractivity contribution < 1.29 is 9.59 Å². The Labute approximate surface area is 133 Å². The molecule has 0 bridgehead atoms. The van der Waals surface area contributed by atoms with Crippen LogP contribution in [0.25, 0.3) is 0 Å². The number of carbonyl (C=O) groups is 2. The Morgan fingerprint density at radius 1 is 1.18 bits per heavy atom. The summed E-state index contributed by atoms with van der Waals surface area (Å²) >= 11 is 0. The zero-order valence-corrected chi connectivity index (χ0v) is 14.2. The molecule has 22 heavy (non-hydrogen) atoms. The van der Waals surface area contributed by atoms with Crippen LogP contribution in [-0.2, 0) is 16.0 Å². The number of hydrogen-bond donors (Lipinski definition) is 1. The summed E-state index contributed by atoms with van der Waals surface area (Å²) in [5.74, 6) is -0.338. The maximum absolute atomic E-state index is 12.4. The molecule has 0 saturated carbocycles. The van der Waals surface area contributed by atoms with Crippen LogP contribution in [0.2, 0.25) is 0 Å². The van der Waals surface area contributed by atoms with Crippen molar-refractivity contribution in [1.29, 1.82) is 0 Å². The molecule has 4 nitrogen and oxygen atoms in total. The van der Waals surface area contributed by atoms with E-state index in [0.717, 1.165) is 19.3 Å². The Bertz CT molecular complexity index is 483. The molecule has 1 aromatic carbocycles. The summed E-state index contributed by atoms with van der Waals surface area (Å²) in [7, 11) is 1.76. The predicted octanol–water partition coefficient (Wildman–Crippen LogP) is 2.63. The van der Waals surface area contributed by atoms with Crippen LogP contribution in [0.1, 0.15) is 39.2 Å². The number of hydrogen-bond acceptors (Lipinski definition) is 2. The van der Waals surface area contributed by atoms with Crippen molar-refractivity contribution in [3.8, 4) is 0 Å². The summed E-state index contributed by atoms with van der Waals surface area (Å²) in [4.78, 5) is 26.4. The minimum atomic E-state index is -1.03. The van der Waals surface area contributed by atoms with Crippen LogP contribution in [-0.4, -0.2) is 36.9 Å². The van der Waals surface area contributed by atoms with E-state index in [1.54, 1.807) is 25.8 Å². The molecule has 0 spiro atoms. The van der Waals surface area contributed by atoms with E-state index in [0.29, 0.717) is 13.1 Å². The van der Waals surface area contributed by atoms with Crippen molar-refractivity contribution in [1.82, 2.24) is 10.2 Å². The molecule has 2 amide bonds. The molecule has 1 rings (SSSR count). The van der Waals surface area contributed by atoms with Gasteiger partial charge in [0.2, 0.25) is 11.8 Å². The minimum Gasteiger partial charge on any atom is -0.355 e. The molecule has 0 aliphatic rings. The summed E-state index contributed by atoms with van der Waals surface area (Å²) < 4.78 is 0. The summed E-state index contributed by atoms with van der Waals surface area (Å²) in [6, 6.07) is 9.98. The fourth-order valence-electron chi connectivity index (χ4n) is 2.26. The number of unbranched alkanes of at least 4 members (excludes halogenated alkanes) is 1. The third-order valence-electron chi connectivity index (χ3n) is 3.84. The van der Waals surface area contributed by atoms with Crippen LogP contribution in [0.15, 0.2) is 30.3 Å². The topological polar surface area (TPSA) is 49.4 Å². The summed E-state index contributed by atoms with van der Waals surface area (Å²) in [5.41, 5.74) is 0.145. The van der Waals surface area contributed by atoms with Gasteiger partial charge in [-0.25, -0.2) is 0 Å². The highest BCUT2D eigenvalue weighted by Crippen LogP contribution is 2.19. The fourth-order valence-corrected chi connectivity index (χ4v) is 2.26. The van der Waals surface area contributed by atoms with Crippen LogP contribution in [0, 0.1) is 5.41 Å². The van der Waals surface area contributed by atoms with Crippen LogP contribution in [0.5, 0.6) is 0 Å². The Morgan fingerprint density at radius 2 is 1.82 bits per heavy atom. The molecule has 0 unspecified atom stereocenters. The summed E-state index contributed by atoms with van der Waals surface area (Å²) in [5, 5.41) is 2.88. The smallest absolute Gasteiger partial charge is 0.237 e. The largest absolute Gasteiger partial charge is 0.355 e. The lowest BCUT2D eigenvalue weighted by Gasteiger charge is -2.28. The Hall–Kier alpha value is -1.84. The van der Waals surface area contributed by atoms with Gasteiger partial charge in [-0.1, -0.05) is 43.7 Å². The Balaban J connectivity index is 2.49. The lowest BCUT2D eigenvalue weighted by Crippen LogP contribution is -2.49. The van der Waals surface area contributed by atoms with Crippen molar-refractivity contribution in [2.24, 2.45) is 5.41 Å². The number of nitrogens with zero attached hydrogens (tertiary/aromatic N) is 1. The highest BCUT2D eigenvalue weighted by molar-refractivity contribution is 6.04. The van der Waals surface area contributed by atoms with E-state index >= 15 is 0 Å². The van der Waals surface area contributed by atoms with Crippen molar-refractivity contribution in [2.45, 2.75) is 40.0 Å². The summed E-state index contributed by atoms with van der Waals surface area (Å²) in [6.45, 7) is 6.69. The molecule has 1 aromatic rings. The summed E-state index contributed by atoms with van der Waals surface area (Å²) in [6.07, 6.45) is 2.75. The monoisotopic (exact) mass is 304 g/mol. The van der Waals surface area contributed by atoms with Gasteiger partial charge in [0.15, 0.2) is 0 Å². The first kappa shape index (κ1) is 18.2. The first-order valence-corrected chi connectivity index (χ1v) is 7.97. The molecule has 0 fully saturated rings. The molecule has 0 heterocycles. The van der Waals surface area contributed by atoms with E-state index < -0.39 is 5.41 Å². The second-order valence-electron chi connectivity index (χ2n) is 6.20. The van der Waals surface area contributed by atoms with Gasteiger partial charge in [-0.2, -0.15) is 0 Å². The van der Waals surface area contributed by atoms with Gasteiger partial charge < -0.3 is 10.2 Å². The highest BCUT2D eigenvalue weighted by atomic mass is 16.2. The second-order valence-corrected chi connectivity index (χ2v) is 6.20. The van der Waals surface area contributed by atoms with Crippen molar-refractivity contribution in [3.05, 3.63) is 35.9 Å². The minimum absolute atomic E-state index is 0.127. The molecular weight excluding hydrogens is 276 g/mol. The zero-order valence-electron chi connectivity index (χ0n) is 14.2. The first-order valence-electron chi connectivity index (χ1n) is 7.97. The number of carbonyl (C=O) groups excluding carboxylic acids is 2. The Morgan fingerprint density at radius 3 is 2.41 bits per heavy atom. The molecule has 0 atom stereocenters. The first-order chi connectivity index (χ1) is 10.4. The van der Waals surface area contributed by atoms with Gasteiger partial charge in [-0.3, -0.25) is 9.59 Å². The van der Waals surface area contributed by atoms with Crippen LogP contribution in [0.4, 0.5) is 0 Å². The molecular formula is C18H28N2O2. The van der Waals surface area contributed by atoms with E-state index in [1.807, 2.05) is 30.3 Å². The third kappa shape index (κ3) is 5.17. The fraction of sp³-hybridized carbons (Fsp3) is 0.556. The van der Waals surface area contributed by atoms with Crippen LogP contribution in [0.3, 0.4) is 0 Å². The standard InChI is InChI=1S/C18H28N2O2/c1-5-6-14-20(4)17(22)18(2,3)16(21)19-13-12-15-10-8-7-9-11-15/h7-11H,5-6,12-14H2,1-4H3,(H,19,21). The van der Waals surface area contributed by atoms with Crippen molar-refractivity contribution >= 4 is 11.8 Å². The number of benzene rings is 1. The van der Waals surface area contributed by atoms with Gasteiger partial charge in [0.05, 0.1) is 0 Å². The number of nitrogens with one attached hydrogen (secondary N) is 1. The van der Waals surface area contributed by atoms with Crippen molar-refractivity contribution in [3.63, 3.8) is 0 Å². The molecule has 0 radical (unpaired) electrons. The maximum Gasteiger partial charge on any atom is 0.237 e. The van der Waals surface area contributed by atoms with Gasteiger partial charge in [0.1, 0.15) is 5.41 Å². The SMILES string of the molecule is CCCCN(C)C(=O)C(C)(C)C(=O)NCCc1ccccc1. The number of amides is 2. The van der Waals surface area contributed by atoms with Gasteiger partial charge >= 0.3 is 0 Å². The lowest BCUT2D eigenvalue weighted by molar-refractivity contribution is -0.147. The molecule has 0 saturated heterocycles. The normalized spacial score (nSPS) is 11.1. The van der Waals surface area contributed by atoms with E-state index in [1.165, 1.54) is 5.56 Å². The van der Waals surface area contributed by atoms with Gasteiger partial charge in [-0.05, 0) is 32.3 Å². The predicted molar refractivity (Wildman–Crippen MR) is 89.5 cm³/mol. The van der Waals surface area contributed by atoms with E-state index in [9.17, 15) is 9.59 Å². The molecule has 4 heteroatoms. The molecule has 122 valence electrons. The van der Waals surface area contributed by atoms with Crippen LogP contribution < -0.4 is 5.32 Å². The van der Waals surface area contributed by atoms with Gasteiger partial charge in [-0.15, -0.1) is 0 Å². The van der Waals surface area contributed by atoms with E-state index in [-0.39, 0.29) is 11.8 Å². The van der Waals surface area contributed by atoms with E-state index in [4.69, 9.17) is 0 Å². The van der Waals surface area contributed by atoms with Gasteiger partial charge in [0.25, 0.3) is 0 Å². The zero-order chi connectivity index (χ0) is 16.6. The average Bonchev–Trinajstić information content (AvgIpc) is 2.52. The molecule has 0 aromatic heterocycles. The van der Waals surface area contributed by atoms with Gasteiger partial charge in [0, 0.05) is 20.1 Å². The average molecular weight is 304 g/mol. The molecule has 1 N–H and O–H groups in total. The second kappa shape index (κ2) is 8.57. The number of rotatable bonds is 8. The molecule has 0 aliphatic heterocycles. The van der Waals surface area contributed by atoms with Crippen molar-refractivity contribution in [2.75, 3.05) is 20.1 Å². The quantitative estimate of drug-likeness (QED) is 0.751. The third-order valence-corrected chi connectivity index (χ3v) is 3.84. The highest BCUT2D eigenvalue weighted by Gasteiger charge is 2.37. The Kier molecular flexibility index (Phi) is 7.09. The maximum atomic E-state index is 12.4. The van der Waals surface area contributed by atoms with Crippen LogP contribution >= 0.6 is 0 Å². The lowest BCUT2D eigenvalue weighted by atomic mass is 9.90.